The third-order valence-corrected chi connectivity index (χ3v) is 7.14. The Balaban J connectivity index is 0.00000380. The number of sulfonamides is 1. The molecule has 12 heteroatoms. The first-order valence-electron chi connectivity index (χ1n) is 11.2. The number of methoxy groups -OCH3 is 2. The Hall–Kier alpha value is -3.38. The quantitative estimate of drug-likeness (QED) is 0.360. The number of pyridine rings is 1. The molecule has 0 radical (unpaired) electrons. The number of nitrogens with two attached hydrogens (primary N) is 2. The summed E-state index contributed by atoms with van der Waals surface area (Å²) in [5.41, 5.74) is 8.85. The van der Waals surface area contributed by atoms with Crippen molar-refractivity contribution in [2.24, 2.45) is 23.8 Å². The lowest BCUT2D eigenvalue weighted by Crippen LogP contribution is -2.44. The van der Waals surface area contributed by atoms with Crippen LogP contribution < -0.4 is 25.2 Å². The number of fused-ring (bicyclic) bond motifs is 3. The second kappa shape index (κ2) is 10.5. The Labute approximate surface area is 221 Å². The average Bonchev–Trinajstić information content (AvgIpc) is 3.14. The van der Waals surface area contributed by atoms with E-state index in [-0.39, 0.29) is 35.0 Å². The molecule has 0 aliphatic carbocycles. The first-order chi connectivity index (χ1) is 17.0. The number of hydrogen-bond acceptors (Lipinski definition) is 7. The van der Waals surface area contributed by atoms with E-state index in [1.807, 2.05) is 37.6 Å². The topological polar surface area (TPSA) is 143 Å². The lowest BCUT2D eigenvalue weighted by Gasteiger charge is -2.28. The number of aryl methyl sites for hydroxylation is 1. The van der Waals surface area contributed by atoms with E-state index in [9.17, 15) is 13.2 Å². The molecule has 0 spiro atoms. The van der Waals surface area contributed by atoms with E-state index in [4.69, 9.17) is 20.3 Å². The van der Waals surface area contributed by atoms with E-state index in [2.05, 4.69) is 4.98 Å². The van der Waals surface area contributed by atoms with Crippen LogP contribution in [0.3, 0.4) is 0 Å². The number of nitrogens with zero attached hydrogens (tertiary/aromatic N) is 3. The highest BCUT2D eigenvalue weighted by Gasteiger charge is 2.29. The number of benzene rings is 2. The van der Waals surface area contributed by atoms with Gasteiger partial charge in [-0.25, -0.2) is 13.6 Å². The molecule has 4 rings (SSSR count). The van der Waals surface area contributed by atoms with Gasteiger partial charge in [-0.05, 0) is 42.3 Å². The average molecular weight is 548 g/mol. The highest BCUT2D eigenvalue weighted by molar-refractivity contribution is 7.89. The number of hydrogen-bond donors (Lipinski definition) is 2. The number of aromatic nitrogens is 2. The molecule has 0 aliphatic rings. The van der Waals surface area contributed by atoms with Crippen molar-refractivity contribution in [2.75, 3.05) is 19.1 Å². The van der Waals surface area contributed by atoms with Gasteiger partial charge in [-0.3, -0.25) is 9.69 Å². The number of ether oxygens (including phenoxy) is 2. The van der Waals surface area contributed by atoms with Crippen LogP contribution in [0.2, 0.25) is 0 Å². The maximum atomic E-state index is 13.7. The summed E-state index contributed by atoms with van der Waals surface area (Å²) < 4.78 is 36.4. The molecular formula is C25H30ClN5O5S. The molecule has 2 aromatic heterocycles. The zero-order valence-electron chi connectivity index (χ0n) is 21.1. The highest BCUT2D eigenvalue weighted by atomic mass is 35.5. The van der Waals surface area contributed by atoms with Gasteiger partial charge in [0.05, 0.1) is 36.4 Å². The number of carbonyl (C=O) groups is 1. The van der Waals surface area contributed by atoms with Crippen LogP contribution in [-0.4, -0.2) is 44.1 Å². The van der Waals surface area contributed by atoms with E-state index < -0.39 is 16.1 Å². The lowest BCUT2D eigenvalue weighted by molar-refractivity contribution is -0.120. The smallest absolute Gasteiger partial charge is 0.248 e. The van der Waals surface area contributed by atoms with Gasteiger partial charge in [0.2, 0.25) is 27.7 Å². The SMILES string of the molecule is COc1ccc(N(C(=O)C(N)C(C)C)c2ccc3c4cc(S(N)(=O)=O)ccc4n(C)c3c2)c(OC)n1.Cl. The van der Waals surface area contributed by atoms with Crippen molar-refractivity contribution in [3.63, 3.8) is 0 Å². The minimum Gasteiger partial charge on any atom is -0.481 e. The van der Waals surface area contributed by atoms with Crippen molar-refractivity contribution < 1.29 is 22.7 Å². The number of anilines is 2. The Kier molecular flexibility index (Phi) is 8.03. The van der Waals surface area contributed by atoms with E-state index >= 15 is 0 Å². The maximum absolute atomic E-state index is 13.7. The predicted octanol–water partition coefficient (Wildman–Crippen LogP) is 3.46. The van der Waals surface area contributed by atoms with E-state index in [0.29, 0.717) is 17.3 Å². The monoisotopic (exact) mass is 547 g/mol. The van der Waals surface area contributed by atoms with Crippen LogP contribution in [0.5, 0.6) is 11.8 Å². The fraction of sp³-hybridized carbons (Fsp3) is 0.280. The van der Waals surface area contributed by atoms with Crippen molar-refractivity contribution >= 4 is 61.5 Å². The number of rotatable bonds is 7. The fourth-order valence-corrected chi connectivity index (χ4v) is 4.70. The molecule has 1 atom stereocenters. The van der Waals surface area contributed by atoms with Crippen LogP contribution in [0.4, 0.5) is 11.4 Å². The molecule has 0 saturated carbocycles. The first-order valence-corrected chi connectivity index (χ1v) is 12.8. The predicted molar refractivity (Wildman–Crippen MR) is 146 cm³/mol. The van der Waals surface area contributed by atoms with Gasteiger partial charge in [-0.1, -0.05) is 19.9 Å². The summed E-state index contributed by atoms with van der Waals surface area (Å²) in [5, 5.41) is 6.88. The molecule has 4 aromatic rings. The molecule has 4 N–H and O–H groups in total. The molecule has 0 aliphatic heterocycles. The molecular weight excluding hydrogens is 518 g/mol. The molecule has 10 nitrogen and oxygen atoms in total. The molecule has 0 saturated heterocycles. The summed E-state index contributed by atoms with van der Waals surface area (Å²) in [7, 11) is 0.966. The van der Waals surface area contributed by atoms with Crippen LogP contribution in [0, 0.1) is 5.92 Å². The van der Waals surface area contributed by atoms with Gasteiger partial charge in [0.25, 0.3) is 0 Å². The number of amides is 1. The molecule has 198 valence electrons. The van der Waals surface area contributed by atoms with Gasteiger partial charge in [0.15, 0.2) is 0 Å². The summed E-state index contributed by atoms with van der Waals surface area (Å²) in [4.78, 5) is 19.5. The third-order valence-electron chi connectivity index (χ3n) is 6.23. The maximum Gasteiger partial charge on any atom is 0.248 e. The molecule has 0 bridgehead atoms. The molecule has 2 heterocycles. The second-order valence-corrected chi connectivity index (χ2v) is 10.4. The summed E-state index contributed by atoms with van der Waals surface area (Å²) in [6.45, 7) is 3.75. The minimum absolute atomic E-state index is 0. The normalized spacial score (nSPS) is 12.4. The number of halogens is 1. The Morgan fingerprint density at radius 3 is 2.30 bits per heavy atom. The highest BCUT2D eigenvalue weighted by Crippen LogP contribution is 2.38. The molecule has 1 amide bonds. The van der Waals surface area contributed by atoms with Crippen molar-refractivity contribution in [1.29, 1.82) is 0 Å². The number of carbonyl (C=O) groups excluding carboxylic acids is 1. The van der Waals surface area contributed by atoms with Crippen LogP contribution >= 0.6 is 12.4 Å². The van der Waals surface area contributed by atoms with E-state index in [0.717, 1.165) is 21.8 Å². The Morgan fingerprint density at radius 1 is 1.00 bits per heavy atom. The summed E-state index contributed by atoms with van der Waals surface area (Å²) in [6.07, 6.45) is 0. The van der Waals surface area contributed by atoms with Crippen molar-refractivity contribution in [3.05, 3.63) is 48.5 Å². The molecule has 0 fully saturated rings. The summed E-state index contributed by atoms with van der Waals surface area (Å²) in [5.74, 6) is 0.0969. The van der Waals surface area contributed by atoms with Crippen LogP contribution in [0.1, 0.15) is 13.8 Å². The largest absolute Gasteiger partial charge is 0.481 e. The zero-order chi connectivity index (χ0) is 26.4. The summed E-state index contributed by atoms with van der Waals surface area (Å²) in [6, 6.07) is 12.8. The Morgan fingerprint density at radius 2 is 1.70 bits per heavy atom. The van der Waals surface area contributed by atoms with Crippen LogP contribution in [0.25, 0.3) is 21.8 Å². The minimum atomic E-state index is -3.86. The summed E-state index contributed by atoms with van der Waals surface area (Å²) >= 11 is 0. The van der Waals surface area contributed by atoms with Gasteiger partial charge in [0.1, 0.15) is 5.69 Å². The zero-order valence-corrected chi connectivity index (χ0v) is 22.8. The van der Waals surface area contributed by atoms with Gasteiger partial charge in [0, 0.05) is 29.4 Å². The van der Waals surface area contributed by atoms with Crippen molar-refractivity contribution in [3.8, 4) is 11.8 Å². The van der Waals surface area contributed by atoms with E-state index in [1.165, 1.54) is 25.2 Å². The molecule has 2 aromatic carbocycles. The van der Waals surface area contributed by atoms with Crippen molar-refractivity contribution in [1.82, 2.24) is 9.55 Å². The van der Waals surface area contributed by atoms with E-state index in [1.54, 1.807) is 30.3 Å². The van der Waals surface area contributed by atoms with Gasteiger partial charge >= 0.3 is 0 Å². The standard InChI is InChI=1S/C25H29N5O5S.ClH/c1-14(2)23(26)25(31)30(20-10-11-22(34-4)28-24(20)35-5)15-6-8-17-18-13-16(36(27,32)33)7-9-19(18)29(3)21(17)12-15;/h6-14,23H,26H2,1-5H3,(H2,27,32,33);1H. The molecule has 1 unspecified atom stereocenters. The second-order valence-electron chi connectivity index (χ2n) is 8.81. The first kappa shape index (κ1) is 28.2. The van der Waals surface area contributed by atoms with Crippen LogP contribution in [-0.2, 0) is 21.9 Å². The fourth-order valence-electron chi connectivity index (χ4n) is 4.16. The van der Waals surface area contributed by atoms with Crippen molar-refractivity contribution in [2.45, 2.75) is 24.8 Å². The Bertz CT molecular complexity index is 1590. The van der Waals surface area contributed by atoms with Crippen LogP contribution in [0.15, 0.2) is 53.4 Å². The molecule has 37 heavy (non-hydrogen) atoms. The van der Waals surface area contributed by atoms with Gasteiger partial charge < -0.3 is 19.8 Å². The van der Waals surface area contributed by atoms with Gasteiger partial charge in [-0.15, -0.1) is 12.4 Å². The lowest BCUT2D eigenvalue weighted by atomic mass is 10.0. The number of primary sulfonamides is 1. The third kappa shape index (κ3) is 5.08. The van der Waals surface area contributed by atoms with Gasteiger partial charge in [-0.2, -0.15) is 4.98 Å².